The molecule has 2 aromatic carbocycles. The number of carbonyl (C=O) groups is 3. The maximum absolute atomic E-state index is 13.5. The molecule has 170 valence electrons. The Morgan fingerprint density at radius 3 is 2.00 bits per heavy atom. The van der Waals surface area contributed by atoms with Crippen molar-refractivity contribution in [1.82, 2.24) is 0 Å². The summed E-state index contributed by atoms with van der Waals surface area (Å²) in [6.07, 6.45) is -0.284. The predicted octanol–water partition coefficient (Wildman–Crippen LogP) is 4.37. The number of aryl methyl sites for hydroxylation is 1. The molecule has 4 rings (SSSR count). The average molecular weight is 463 g/mol. The van der Waals surface area contributed by atoms with Gasteiger partial charge in [-0.3, -0.25) is 14.4 Å². The summed E-state index contributed by atoms with van der Waals surface area (Å²) in [5.74, 6) is -4.18. The van der Waals surface area contributed by atoms with Gasteiger partial charge in [0.2, 0.25) is 11.8 Å². The van der Waals surface area contributed by atoms with Crippen LogP contribution in [0.15, 0.2) is 72.1 Å². The summed E-state index contributed by atoms with van der Waals surface area (Å²) in [7, 11) is 0. The number of anilines is 2. The Labute approximate surface area is 196 Å². The molecular weight excluding hydrogens is 436 g/mol. The predicted molar refractivity (Wildman–Crippen MR) is 129 cm³/mol. The number of hydrogen-bond acceptors (Lipinski definition) is 5. The van der Waals surface area contributed by atoms with Crippen molar-refractivity contribution in [2.45, 2.75) is 31.8 Å². The normalized spacial score (nSPS) is 24.8. The highest BCUT2D eigenvalue weighted by Crippen LogP contribution is 2.48. The zero-order valence-corrected chi connectivity index (χ0v) is 19.3. The molecule has 1 heterocycles. The fourth-order valence-electron chi connectivity index (χ4n) is 4.62. The topological polar surface area (TPSA) is 95.5 Å². The standard InChI is InChI=1S/C26H26N2O4S/c1-16-13-14-33-23(16)21-20(24(30)27-17-9-5-3-6-10-17)19(29)15-26(2,32)22(21)25(31)28-18-11-7-4-8-12-18/h3-14,20-22,32H,15H2,1-2H3,(H,27,30)(H,28,31). The molecule has 4 atom stereocenters. The van der Waals surface area contributed by atoms with E-state index >= 15 is 0 Å². The Bertz CT molecular complexity index is 1160. The Balaban J connectivity index is 1.75. The molecule has 0 aliphatic heterocycles. The van der Waals surface area contributed by atoms with Gasteiger partial charge < -0.3 is 15.7 Å². The number of amides is 2. The van der Waals surface area contributed by atoms with Crippen LogP contribution in [0.2, 0.25) is 0 Å². The van der Waals surface area contributed by atoms with Gasteiger partial charge in [-0.15, -0.1) is 11.3 Å². The van der Waals surface area contributed by atoms with Gasteiger partial charge in [-0.2, -0.15) is 0 Å². The van der Waals surface area contributed by atoms with Crippen molar-refractivity contribution in [3.8, 4) is 0 Å². The highest BCUT2D eigenvalue weighted by Gasteiger charge is 2.56. The third kappa shape index (κ3) is 4.74. The van der Waals surface area contributed by atoms with Gasteiger partial charge in [0.05, 0.1) is 11.5 Å². The molecule has 6 nitrogen and oxygen atoms in total. The number of para-hydroxylation sites is 2. The molecule has 33 heavy (non-hydrogen) atoms. The van der Waals surface area contributed by atoms with E-state index in [1.165, 1.54) is 18.3 Å². The monoisotopic (exact) mass is 462 g/mol. The Morgan fingerprint density at radius 1 is 0.939 bits per heavy atom. The number of rotatable bonds is 5. The second-order valence-corrected chi connectivity index (χ2v) is 9.61. The van der Waals surface area contributed by atoms with Crippen LogP contribution in [0.3, 0.4) is 0 Å². The second-order valence-electron chi connectivity index (χ2n) is 8.66. The molecule has 0 bridgehead atoms. The van der Waals surface area contributed by atoms with E-state index in [9.17, 15) is 19.5 Å². The molecule has 0 radical (unpaired) electrons. The molecule has 1 aliphatic carbocycles. The third-order valence-electron chi connectivity index (χ3n) is 6.12. The fraction of sp³-hybridized carbons (Fsp3) is 0.269. The molecule has 0 spiro atoms. The smallest absolute Gasteiger partial charge is 0.235 e. The van der Waals surface area contributed by atoms with Gasteiger partial charge in [-0.05, 0) is 55.1 Å². The lowest BCUT2D eigenvalue weighted by Crippen LogP contribution is -2.56. The zero-order chi connectivity index (χ0) is 23.6. The molecular formula is C26H26N2O4S. The van der Waals surface area contributed by atoms with Gasteiger partial charge in [-0.25, -0.2) is 0 Å². The molecule has 1 saturated carbocycles. The molecule has 0 saturated heterocycles. The Kier molecular flexibility index (Phi) is 6.44. The first kappa shape index (κ1) is 22.9. The number of aliphatic hydroxyl groups is 1. The summed E-state index contributed by atoms with van der Waals surface area (Å²) < 4.78 is 0. The summed E-state index contributed by atoms with van der Waals surface area (Å²) in [4.78, 5) is 40.9. The van der Waals surface area contributed by atoms with Crippen molar-refractivity contribution < 1.29 is 19.5 Å². The first-order valence-corrected chi connectivity index (χ1v) is 11.7. The lowest BCUT2D eigenvalue weighted by atomic mass is 9.62. The van der Waals surface area contributed by atoms with E-state index in [-0.39, 0.29) is 12.2 Å². The maximum atomic E-state index is 13.5. The van der Waals surface area contributed by atoms with Gasteiger partial charge in [-0.1, -0.05) is 36.4 Å². The number of ketones is 1. The van der Waals surface area contributed by atoms with E-state index in [1.807, 2.05) is 30.5 Å². The van der Waals surface area contributed by atoms with Crippen molar-refractivity contribution in [2.24, 2.45) is 11.8 Å². The average Bonchev–Trinajstić information content (AvgIpc) is 3.19. The summed E-state index contributed by atoms with van der Waals surface area (Å²) in [5.41, 5.74) is 0.424. The van der Waals surface area contributed by atoms with Crippen LogP contribution >= 0.6 is 11.3 Å². The van der Waals surface area contributed by atoms with E-state index in [0.29, 0.717) is 11.4 Å². The molecule has 4 unspecified atom stereocenters. The van der Waals surface area contributed by atoms with Gasteiger partial charge >= 0.3 is 0 Å². The third-order valence-corrected chi connectivity index (χ3v) is 7.24. The van der Waals surface area contributed by atoms with E-state index in [4.69, 9.17) is 0 Å². The lowest BCUT2D eigenvalue weighted by Gasteiger charge is -2.44. The van der Waals surface area contributed by atoms with E-state index in [0.717, 1.165) is 10.4 Å². The van der Waals surface area contributed by atoms with Crippen LogP contribution in [-0.4, -0.2) is 28.3 Å². The maximum Gasteiger partial charge on any atom is 0.235 e. The SMILES string of the molecule is Cc1ccsc1C1C(C(=O)Nc2ccccc2)C(=O)CC(C)(O)C1C(=O)Nc1ccccc1. The van der Waals surface area contributed by atoms with Gasteiger partial charge in [0.25, 0.3) is 0 Å². The number of nitrogens with one attached hydrogen (secondary N) is 2. The summed E-state index contributed by atoms with van der Waals surface area (Å²) in [6.45, 7) is 3.39. The zero-order valence-electron chi connectivity index (χ0n) is 18.4. The van der Waals surface area contributed by atoms with Crippen molar-refractivity contribution >= 4 is 40.3 Å². The molecule has 3 N–H and O–H groups in total. The Hall–Kier alpha value is -3.29. The molecule has 7 heteroatoms. The van der Waals surface area contributed by atoms with Crippen molar-refractivity contribution in [3.63, 3.8) is 0 Å². The highest BCUT2D eigenvalue weighted by molar-refractivity contribution is 7.10. The first-order valence-electron chi connectivity index (χ1n) is 10.8. The minimum absolute atomic E-state index is 0.284. The molecule has 1 fully saturated rings. The van der Waals surface area contributed by atoms with Gasteiger partial charge in [0.15, 0.2) is 0 Å². The van der Waals surface area contributed by atoms with Crippen LogP contribution in [0.5, 0.6) is 0 Å². The van der Waals surface area contributed by atoms with Crippen LogP contribution in [0.25, 0.3) is 0 Å². The summed E-state index contributed by atoms with van der Waals surface area (Å²) >= 11 is 1.39. The van der Waals surface area contributed by atoms with E-state index in [2.05, 4.69) is 10.6 Å². The van der Waals surface area contributed by atoms with Crippen molar-refractivity contribution in [3.05, 3.63) is 82.6 Å². The first-order chi connectivity index (χ1) is 15.8. The van der Waals surface area contributed by atoms with Crippen molar-refractivity contribution in [1.29, 1.82) is 0 Å². The van der Waals surface area contributed by atoms with Crippen LogP contribution < -0.4 is 10.6 Å². The van der Waals surface area contributed by atoms with Crippen LogP contribution in [0, 0.1) is 18.8 Å². The van der Waals surface area contributed by atoms with E-state index in [1.54, 1.807) is 48.5 Å². The number of hydrogen-bond donors (Lipinski definition) is 3. The van der Waals surface area contributed by atoms with Crippen LogP contribution in [0.1, 0.15) is 29.7 Å². The fourth-order valence-corrected chi connectivity index (χ4v) is 5.72. The number of thiophene rings is 1. The molecule has 2 amide bonds. The Morgan fingerprint density at radius 2 is 1.48 bits per heavy atom. The van der Waals surface area contributed by atoms with Crippen LogP contribution in [-0.2, 0) is 14.4 Å². The van der Waals surface area contributed by atoms with E-state index < -0.39 is 35.2 Å². The summed E-state index contributed by atoms with van der Waals surface area (Å²) in [5, 5.41) is 18.9. The summed E-state index contributed by atoms with van der Waals surface area (Å²) in [6, 6.07) is 19.7. The van der Waals surface area contributed by atoms with Crippen molar-refractivity contribution in [2.75, 3.05) is 10.6 Å². The molecule has 1 aliphatic rings. The lowest BCUT2D eigenvalue weighted by molar-refractivity contribution is -0.150. The minimum Gasteiger partial charge on any atom is -0.389 e. The minimum atomic E-state index is -1.61. The van der Waals surface area contributed by atoms with Gasteiger partial charge in [0.1, 0.15) is 11.7 Å². The molecule has 1 aromatic heterocycles. The quantitative estimate of drug-likeness (QED) is 0.491. The van der Waals surface area contributed by atoms with Crippen LogP contribution in [0.4, 0.5) is 11.4 Å². The number of carbonyl (C=O) groups excluding carboxylic acids is 3. The largest absolute Gasteiger partial charge is 0.389 e. The number of Topliss-reactive ketones (excluding diaryl/α,β-unsaturated/α-hetero) is 1. The highest BCUT2D eigenvalue weighted by atomic mass is 32.1. The number of benzene rings is 2. The molecule has 3 aromatic rings. The second kappa shape index (κ2) is 9.29. The van der Waals surface area contributed by atoms with Gasteiger partial charge in [0, 0.05) is 28.6 Å².